The number of nitrogens with zero attached hydrogens (tertiary/aromatic N) is 3. The molecule has 0 unspecified atom stereocenters. The van der Waals surface area contributed by atoms with Crippen molar-refractivity contribution in [2.24, 2.45) is 0 Å². The predicted molar refractivity (Wildman–Crippen MR) is 235 cm³/mol. The summed E-state index contributed by atoms with van der Waals surface area (Å²) >= 11 is 0. The molecular weight excluding hydrogens is 679 g/mol. The minimum absolute atomic E-state index is 0.916. The Morgan fingerprint density at radius 1 is 0.321 bits per heavy atom. The van der Waals surface area contributed by atoms with E-state index >= 15 is 0 Å². The second kappa shape index (κ2) is 12.9. The van der Waals surface area contributed by atoms with Gasteiger partial charge in [0.2, 0.25) is 0 Å². The summed E-state index contributed by atoms with van der Waals surface area (Å²) in [7, 11) is 0. The minimum atomic E-state index is 0.916. The second-order valence-electron chi connectivity index (χ2n) is 14.6. The van der Waals surface area contributed by atoms with Crippen LogP contribution in [0.4, 0.5) is 0 Å². The van der Waals surface area contributed by atoms with Crippen molar-refractivity contribution < 1.29 is 0 Å². The summed E-state index contributed by atoms with van der Waals surface area (Å²) < 4.78 is 2.36. The Hall–Kier alpha value is -7.36. The Morgan fingerprint density at radius 3 is 1.41 bits per heavy atom. The zero-order chi connectivity index (χ0) is 37.2. The van der Waals surface area contributed by atoms with Crippen molar-refractivity contribution in [2.45, 2.75) is 6.92 Å². The lowest BCUT2D eigenvalue weighted by Crippen LogP contribution is -1.96. The number of benzene rings is 9. The van der Waals surface area contributed by atoms with Gasteiger partial charge in [-0.25, -0.2) is 9.97 Å². The maximum atomic E-state index is 5.29. The van der Waals surface area contributed by atoms with Gasteiger partial charge in [0.05, 0.1) is 33.5 Å². The second-order valence-corrected chi connectivity index (χ2v) is 14.6. The van der Waals surface area contributed by atoms with Crippen molar-refractivity contribution >= 4 is 54.4 Å². The highest BCUT2D eigenvalue weighted by Gasteiger charge is 2.16. The maximum Gasteiger partial charge on any atom is 0.0979 e. The fourth-order valence-corrected chi connectivity index (χ4v) is 8.58. The molecule has 0 bridgehead atoms. The monoisotopic (exact) mass is 713 g/mol. The Bertz CT molecular complexity index is 3290. The van der Waals surface area contributed by atoms with Gasteiger partial charge in [0, 0.05) is 32.8 Å². The van der Waals surface area contributed by atoms with E-state index in [2.05, 4.69) is 206 Å². The summed E-state index contributed by atoms with van der Waals surface area (Å²) in [5.74, 6) is 0. The molecule has 0 saturated heterocycles. The molecule has 2 aromatic heterocycles. The minimum Gasteiger partial charge on any atom is -0.309 e. The lowest BCUT2D eigenvalue weighted by Gasteiger charge is -2.13. The first-order valence-electron chi connectivity index (χ1n) is 19.2. The zero-order valence-corrected chi connectivity index (χ0v) is 30.8. The number of fused-ring (bicyclic) bond motifs is 9. The van der Waals surface area contributed by atoms with Crippen LogP contribution in [0.5, 0.6) is 0 Å². The normalized spacial score (nSPS) is 11.7. The number of hydrogen-bond donors (Lipinski definition) is 0. The van der Waals surface area contributed by atoms with Gasteiger partial charge in [0.15, 0.2) is 0 Å². The molecule has 0 aliphatic carbocycles. The molecule has 0 spiro atoms. The van der Waals surface area contributed by atoms with Crippen LogP contribution in [-0.4, -0.2) is 14.5 Å². The molecule has 56 heavy (non-hydrogen) atoms. The van der Waals surface area contributed by atoms with Crippen molar-refractivity contribution in [3.8, 4) is 50.3 Å². The van der Waals surface area contributed by atoms with Crippen LogP contribution in [0.3, 0.4) is 0 Å². The highest BCUT2D eigenvalue weighted by molar-refractivity contribution is 6.23. The van der Waals surface area contributed by atoms with Gasteiger partial charge in [0.1, 0.15) is 0 Å². The Kier molecular flexibility index (Phi) is 7.39. The molecule has 0 aliphatic rings. The highest BCUT2D eigenvalue weighted by Crippen LogP contribution is 2.38. The van der Waals surface area contributed by atoms with E-state index in [1.54, 1.807) is 0 Å². The van der Waals surface area contributed by atoms with E-state index in [4.69, 9.17) is 9.97 Å². The van der Waals surface area contributed by atoms with Gasteiger partial charge in [-0.05, 0) is 87.5 Å². The quantitative estimate of drug-likeness (QED) is 0.166. The molecule has 0 aliphatic heterocycles. The number of rotatable bonds is 5. The van der Waals surface area contributed by atoms with Crippen LogP contribution in [0.1, 0.15) is 5.69 Å². The molecule has 0 saturated carbocycles. The summed E-state index contributed by atoms with van der Waals surface area (Å²) in [6, 6.07) is 69.7. The van der Waals surface area contributed by atoms with Gasteiger partial charge in [-0.1, -0.05) is 158 Å². The van der Waals surface area contributed by atoms with Crippen molar-refractivity contribution in [2.75, 3.05) is 0 Å². The van der Waals surface area contributed by atoms with Crippen LogP contribution in [0.15, 0.2) is 194 Å². The summed E-state index contributed by atoms with van der Waals surface area (Å²) in [4.78, 5) is 10.4. The molecule has 0 N–H and O–H groups in total. The molecule has 0 atom stereocenters. The van der Waals surface area contributed by atoms with E-state index in [9.17, 15) is 0 Å². The standard InChI is InChI=1S/C53H35N3/c1-34-51(55-53-47-20-8-6-17-44(47)43-16-5-7-19-46(43)52(53)54-34)38-28-26-36(27-29-38)40-13-11-12-39(32-40)35-22-24-37(25-23-35)41-30-31-50-48(33-41)45-18-9-10-21-49(45)56(50)42-14-3-2-4-15-42/h2-33H,1H3. The number of aryl methyl sites for hydroxylation is 1. The number of aromatic nitrogens is 3. The smallest absolute Gasteiger partial charge is 0.0979 e. The molecule has 3 nitrogen and oxygen atoms in total. The van der Waals surface area contributed by atoms with Crippen molar-refractivity contribution in [3.05, 3.63) is 200 Å². The largest absolute Gasteiger partial charge is 0.309 e. The first kappa shape index (κ1) is 32.1. The van der Waals surface area contributed by atoms with E-state index in [0.717, 1.165) is 44.3 Å². The first-order valence-corrected chi connectivity index (χ1v) is 19.2. The SMILES string of the molecule is Cc1nc2c3ccccc3c3ccccc3c2nc1-c1ccc(-c2cccc(-c3ccc(-c4ccc5c(c4)c4ccccc4n5-c4ccccc4)cc3)c2)cc1. The number of hydrogen-bond acceptors (Lipinski definition) is 2. The lowest BCUT2D eigenvalue weighted by molar-refractivity contribution is 1.18. The maximum absolute atomic E-state index is 5.29. The third kappa shape index (κ3) is 5.20. The van der Waals surface area contributed by atoms with E-state index in [1.165, 1.54) is 66.1 Å². The molecule has 3 heteroatoms. The molecular formula is C53H35N3. The first-order chi connectivity index (χ1) is 27.7. The van der Waals surface area contributed by atoms with Gasteiger partial charge >= 0.3 is 0 Å². The van der Waals surface area contributed by atoms with Crippen LogP contribution < -0.4 is 0 Å². The number of para-hydroxylation sites is 2. The van der Waals surface area contributed by atoms with E-state index in [1.807, 2.05) is 0 Å². The summed E-state index contributed by atoms with van der Waals surface area (Å²) in [6.07, 6.45) is 0. The molecule has 262 valence electrons. The van der Waals surface area contributed by atoms with Gasteiger partial charge in [0.25, 0.3) is 0 Å². The Morgan fingerprint density at radius 2 is 0.786 bits per heavy atom. The van der Waals surface area contributed by atoms with Gasteiger partial charge < -0.3 is 4.57 Å². The third-order valence-corrected chi connectivity index (χ3v) is 11.3. The molecule has 11 aromatic rings. The van der Waals surface area contributed by atoms with Gasteiger partial charge in [-0.2, -0.15) is 0 Å². The third-order valence-electron chi connectivity index (χ3n) is 11.3. The van der Waals surface area contributed by atoms with Crippen molar-refractivity contribution in [3.63, 3.8) is 0 Å². The molecule has 0 fully saturated rings. The average Bonchev–Trinajstić information content (AvgIpc) is 3.60. The van der Waals surface area contributed by atoms with Crippen LogP contribution in [0.25, 0.3) is 105 Å². The summed E-state index contributed by atoms with van der Waals surface area (Å²) in [5.41, 5.74) is 15.5. The van der Waals surface area contributed by atoms with Crippen molar-refractivity contribution in [1.29, 1.82) is 0 Å². The average molecular weight is 714 g/mol. The van der Waals surface area contributed by atoms with Gasteiger partial charge in [-0.15, -0.1) is 0 Å². The summed E-state index contributed by atoms with van der Waals surface area (Å²) in [6.45, 7) is 2.07. The molecule has 0 amide bonds. The fourth-order valence-electron chi connectivity index (χ4n) is 8.58. The molecule has 0 radical (unpaired) electrons. The van der Waals surface area contributed by atoms with E-state index < -0.39 is 0 Å². The van der Waals surface area contributed by atoms with Crippen LogP contribution in [0, 0.1) is 6.92 Å². The zero-order valence-electron chi connectivity index (χ0n) is 30.8. The lowest BCUT2D eigenvalue weighted by atomic mass is 9.96. The molecule has 9 aromatic carbocycles. The Balaban J connectivity index is 0.900. The van der Waals surface area contributed by atoms with E-state index in [0.29, 0.717) is 0 Å². The molecule has 2 heterocycles. The summed E-state index contributed by atoms with van der Waals surface area (Å²) in [5, 5.41) is 7.20. The van der Waals surface area contributed by atoms with Gasteiger partial charge in [-0.3, -0.25) is 0 Å². The topological polar surface area (TPSA) is 30.7 Å². The van der Waals surface area contributed by atoms with Crippen molar-refractivity contribution in [1.82, 2.24) is 14.5 Å². The Labute approximate surface area is 324 Å². The van der Waals surface area contributed by atoms with E-state index in [-0.39, 0.29) is 0 Å². The van der Waals surface area contributed by atoms with Crippen LogP contribution in [-0.2, 0) is 0 Å². The van der Waals surface area contributed by atoms with Crippen LogP contribution in [0.2, 0.25) is 0 Å². The predicted octanol–water partition coefficient (Wildman–Crippen LogP) is 14.0. The van der Waals surface area contributed by atoms with Crippen LogP contribution >= 0.6 is 0 Å². The highest BCUT2D eigenvalue weighted by atomic mass is 15.0. The molecule has 11 rings (SSSR count). The fraction of sp³-hybridized carbons (Fsp3) is 0.0189.